The fraction of sp³-hybridized carbons (Fsp3) is 0.240. The van der Waals surface area contributed by atoms with E-state index in [4.69, 9.17) is 10.2 Å². The van der Waals surface area contributed by atoms with Crippen molar-refractivity contribution in [3.63, 3.8) is 0 Å². The zero-order valence-corrected chi connectivity index (χ0v) is 19.9. The van der Waals surface area contributed by atoms with Gasteiger partial charge in [-0.15, -0.1) is 5.10 Å². The van der Waals surface area contributed by atoms with Gasteiger partial charge in [0.15, 0.2) is 11.4 Å². The number of rotatable bonds is 4. The molecule has 0 aliphatic heterocycles. The van der Waals surface area contributed by atoms with Crippen LogP contribution in [-0.4, -0.2) is 45.8 Å². The lowest BCUT2D eigenvalue weighted by Gasteiger charge is -2.25. The predicted molar refractivity (Wildman–Crippen MR) is 137 cm³/mol. The van der Waals surface area contributed by atoms with Crippen LogP contribution >= 0.6 is 11.5 Å². The minimum absolute atomic E-state index is 0.201. The summed E-state index contributed by atoms with van der Waals surface area (Å²) in [6.45, 7) is 0. The van der Waals surface area contributed by atoms with Gasteiger partial charge >= 0.3 is 0 Å². The SMILES string of the molecule is Nc1ncc(-c2cnn([C@H]3CC[C@H](O)CC3)c2)c2cc(-c3cc(-c4cc[nH]n4)cc4nnsc34)oc12. The third-order valence-electron chi connectivity index (χ3n) is 6.95. The highest BCUT2D eigenvalue weighted by molar-refractivity contribution is 7.13. The van der Waals surface area contributed by atoms with Gasteiger partial charge in [-0.25, -0.2) is 4.98 Å². The lowest BCUT2D eigenvalue weighted by molar-refractivity contribution is 0.108. The van der Waals surface area contributed by atoms with E-state index in [0.717, 1.165) is 69.2 Å². The van der Waals surface area contributed by atoms with Crippen LogP contribution in [0, 0.1) is 0 Å². The Hall–Kier alpha value is -4.09. The molecule has 1 aliphatic carbocycles. The summed E-state index contributed by atoms with van der Waals surface area (Å²) in [6.07, 6.45) is 10.7. The van der Waals surface area contributed by atoms with Crippen LogP contribution in [0.25, 0.3) is 54.9 Å². The summed E-state index contributed by atoms with van der Waals surface area (Å²) in [5.41, 5.74) is 12.0. The Morgan fingerprint density at radius 2 is 1.97 bits per heavy atom. The number of hydrogen-bond donors (Lipinski definition) is 3. The first-order valence-corrected chi connectivity index (χ1v) is 12.6. The van der Waals surface area contributed by atoms with E-state index in [1.54, 1.807) is 12.4 Å². The first-order chi connectivity index (χ1) is 17.6. The quantitative estimate of drug-likeness (QED) is 0.314. The third kappa shape index (κ3) is 3.47. The van der Waals surface area contributed by atoms with Crippen molar-refractivity contribution in [2.45, 2.75) is 37.8 Å². The first-order valence-electron chi connectivity index (χ1n) is 11.8. The van der Waals surface area contributed by atoms with Gasteiger partial charge in [-0.2, -0.15) is 10.2 Å². The first kappa shape index (κ1) is 21.2. The van der Waals surface area contributed by atoms with Gasteiger partial charge in [0.1, 0.15) is 11.3 Å². The number of nitrogens with one attached hydrogen (secondary N) is 1. The number of nitrogens with two attached hydrogens (primary N) is 1. The van der Waals surface area contributed by atoms with Crippen LogP contribution in [0.2, 0.25) is 0 Å². The maximum absolute atomic E-state index is 9.85. The average molecular weight is 499 g/mol. The Balaban J connectivity index is 1.34. The van der Waals surface area contributed by atoms with E-state index in [1.165, 1.54) is 11.5 Å². The van der Waals surface area contributed by atoms with Gasteiger partial charge in [0.25, 0.3) is 0 Å². The smallest absolute Gasteiger partial charge is 0.177 e. The molecule has 0 saturated heterocycles. The number of fused-ring (bicyclic) bond motifs is 2. The molecule has 0 radical (unpaired) electrons. The molecule has 0 atom stereocenters. The Morgan fingerprint density at radius 3 is 2.81 bits per heavy atom. The Morgan fingerprint density at radius 1 is 1.08 bits per heavy atom. The zero-order valence-electron chi connectivity index (χ0n) is 19.1. The average Bonchev–Trinajstić information content (AvgIpc) is 3.70. The van der Waals surface area contributed by atoms with Crippen molar-refractivity contribution in [2.24, 2.45) is 0 Å². The number of aromatic amines is 1. The molecule has 5 heterocycles. The van der Waals surface area contributed by atoms with Crippen molar-refractivity contribution in [3.8, 4) is 33.7 Å². The molecular formula is C25H22N8O2S. The molecule has 36 heavy (non-hydrogen) atoms. The van der Waals surface area contributed by atoms with Crippen molar-refractivity contribution in [1.29, 1.82) is 0 Å². The second-order valence-electron chi connectivity index (χ2n) is 9.19. The van der Waals surface area contributed by atoms with E-state index >= 15 is 0 Å². The van der Waals surface area contributed by atoms with Gasteiger partial charge in [-0.05, 0) is 61.5 Å². The Bertz CT molecular complexity index is 1690. The lowest BCUT2D eigenvalue weighted by Crippen LogP contribution is -2.21. The predicted octanol–water partition coefficient (Wildman–Crippen LogP) is 4.81. The molecule has 1 fully saturated rings. The number of hydrogen-bond acceptors (Lipinski definition) is 9. The molecule has 0 unspecified atom stereocenters. The lowest BCUT2D eigenvalue weighted by atomic mass is 9.93. The Kier molecular flexibility index (Phi) is 4.86. The minimum Gasteiger partial charge on any atom is -0.452 e. The molecule has 0 amide bonds. The van der Waals surface area contributed by atoms with Crippen LogP contribution in [0.15, 0.2) is 53.5 Å². The van der Waals surface area contributed by atoms with E-state index in [9.17, 15) is 5.11 Å². The molecule has 180 valence electrons. The maximum Gasteiger partial charge on any atom is 0.177 e. The van der Waals surface area contributed by atoms with Crippen LogP contribution < -0.4 is 5.73 Å². The molecule has 0 spiro atoms. The summed E-state index contributed by atoms with van der Waals surface area (Å²) >= 11 is 1.32. The zero-order chi connectivity index (χ0) is 24.2. The van der Waals surface area contributed by atoms with Gasteiger partial charge in [-0.1, -0.05) is 4.49 Å². The highest BCUT2D eigenvalue weighted by Gasteiger charge is 2.23. The molecule has 10 nitrogen and oxygen atoms in total. The van der Waals surface area contributed by atoms with Crippen LogP contribution in [0.5, 0.6) is 0 Å². The number of benzene rings is 1. The van der Waals surface area contributed by atoms with Gasteiger partial charge in [0, 0.05) is 46.2 Å². The topological polar surface area (TPSA) is 145 Å². The van der Waals surface area contributed by atoms with Gasteiger partial charge < -0.3 is 15.3 Å². The van der Waals surface area contributed by atoms with Gasteiger partial charge in [0.05, 0.1) is 28.7 Å². The maximum atomic E-state index is 9.85. The number of pyridine rings is 1. The monoisotopic (exact) mass is 498 g/mol. The molecule has 5 aromatic heterocycles. The Labute approximate surface area is 208 Å². The van der Waals surface area contributed by atoms with E-state index in [-0.39, 0.29) is 12.1 Å². The molecule has 1 aromatic carbocycles. The molecule has 1 aliphatic rings. The second-order valence-corrected chi connectivity index (χ2v) is 9.94. The molecule has 1 saturated carbocycles. The number of aliphatic hydroxyl groups excluding tert-OH is 1. The van der Waals surface area contributed by atoms with Crippen molar-refractivity contribution in [2.75, 3.05) is 5.73 Å². The van der Waals surface area contributed by atoms with Crippen LogP contribution in [0.1, 0.15) is 31.7 Å². The van der Waals surface area contributed by atoms with E-state index in [2.05, 4.69) is 29.9 Å². The van der Waals surface area contributed by atoms with E-state index in [1.807, 2.05) is 41.3 Å². The van der Waals surface area contributed by atoms with Crippen molar-refractivity contribution in [3.05, 3.63) is 49.1 Å². The summed E-state index contributed by atoms with van der Waals surface area (Å²) in [7, 11) is 0. The normalized spacial score (nSPS) is 18.4. The highest BCUT2D eigenvalue weighted by Crippen LogP contribution is 2.41. The third-order valence-corrected chi connectivity index (χ3v) is 7.73. The summed E-state index contributed by atoms with van der Waals surface area (Å²) in [4.78, 5) is 4.41. The van der Waals surface area contributed by atoms with Crippen molar-refractivity contribution < 1.29 is 9.52 Å². The van der Waals surface area contributed by atoms with Crippen molar-refractivity contribution in [1.82, 2.24) is 34.5 Å². The van der Waals surface area contributed by atoms with E-state index < -0.39 is 0 Å². The molecule has 4 N–H and O–H groups in total. The van der Waals surface area contributed by atoms with Gasteiger partial charge in [0.2, 0.25) is 0 Å². The largest absolute Gasteiger partial charge is 0.452 e. The summed E-state index contributed by atoms with van der Waals surface area (Å²) in [6, 6.07) is 8.21. The molecule has 7 rings (SSSR count). The van der Waals surface area contributed by atoms with Crippen LogP contribution in [-0.2, 0) is 0 Å². The highest BCUT2D eigenvalue weighted by atomic mass is 32.1. The molecule has 6 aromatic rings. The second kappa shape index (κ2) is 8.25. The summed E-state index contributed by atoms with van der Waals surface area (Å²) in [5, 5.41) is 26.8. The van der Waals surface area contributed by atoms with Crippen molar-refractivity contribution >= 4 is 38.5 Å². The number of aromatic nitrogens is 7. The standard InChI is InChI=1S/C25H22N8O2S/c26-25-23-17(19(11-27-25)14-10-29-33(12-14)15-1-3-16(34)4-2-15)9-22(35-23)18-7-13(20-5-6-28-30-20)8-21-24(18)36-32-31-21/h5-12,15-16,34H,1-4H2,(H2,26,27)(H,28,30)/t15-,16-. The van der Waals surface area contributed by atoms with Crippen LogP contribution in [0.4, 0.5) is 5.82 Å². The number of anilines is 1. The number of nitrogens with zero attached hydrogens (tertiary/aromatic N) is 6. The molecular weight excluding hydrogens is 476 g/mol. The van der Waals surface area contributed by atoms with Gasteiger partial charge in [-0.3, -0.25) is 9.78 Å². The molecule has 0 bridgehead atoms. The minimum atomic E-state index is -0.201. The summed E-state index contributed by atoms with van der Waals surface area (Å²) < 4.78 is 13.4. The number of nitrogen functional groups attached to an aromatic ring is 1. The number of aliphatic hydroxyl groups is 1. The van der Waals surface area contributed by atoms with Crippen LogP contribution in [0.3, 0.4) is 0 Å². The number of H-pyrrole nitrogens is 1. The van der Waals surface area contributed by atoms with E-state index in [0.29, 0.717) is 17.2 Å². The fourth-order valence-electron chi connectivity index (χ4n) is 5.05. The number of furan rings is 1. The summed E-state index contributed by atoms with van der Waals surface area (Å²) in [5.74, 6) is 0.990. The fourth-order valence-corrected chi connectivity index (χ4v) is 5.71. The molecule has 11 heteroatoms.